The highest BCUT2D eigenvalue weighted by atomic mass is 16.5. The second-order valence-electron chi connectivity index (χ2n) is 7.71. The lowest BCUT2D eigenvalue weighted by Gasteiger charge is -2.35. The zero-order valence-corrected chi connectivity index (χ0v) is 17.1. The van der Waals surface area contributed by atoms with Gasteiger partial charge in [-0.2, -0.15) is 9.72 Å². The fourth-order valence-electron chi connectivity index (χ4n) is 4.70. The Balaban J connectivity index is 2.11. The molecular weight excluding hydrogens is 398 g/mol. The molecule has 1 heterocycles. The van der Waals surface area contributed by atoms with Crippen molar-refractivity contribution >= 4 is 11.8 Å². The van der Waals surface area contributed by atoms with Crippen LogP contribution >= 0.6 is 0 Å². The lowest BCUT2D eigenvalue weighted by molar-refractivity contribution is 0.0991. The molecule has 0 atom stereocenters. The summed E-state index contributed by atoms with van der Waals surface area (Å²) >= 11 is 0. The lowest BCUT2D eigenvalue weighted by atomic mass is 9.69. The molecule has 1 aliphatic carbocycles. The summed E-state index contributed by atoms with van der Waals surface area (Å²) in [6.45, 7) is 0.287. The van der Waals surface area contributed by atoms with Gasteiger partial charge >= 0.3 is 5.76 Å². The summed E-state index contributed by atoms with van der Waals surface area (Å²) < 4.78 is 6.54. The molecule has 160 valence electrons. The van der Waals surface area contributed by atoms with Gasteiger partial charge in [0.2, 0.25) is 11.8 Å². The number of benzene rings is 2. The Morgan fingerprint density at radius 2 is 1.55 bits per heavy atom. The van der Waals surface area contributed by atoms with Crippen LogP contribution in [0.5, 0.6) is 0 Å². The van der Waals surface area contributed by atoms with Gasteiger partial charge in [-0.1, -0.05) is 12.1 Å². The molecular formula is C22H23N5O4. The molecule has 0 aliphatic heterocycles. The first kappa shape index (κ1) is 20.5. The van der Waals surface area contributed by atoms with Crippen LogP contribution in [-0.2, 0) is 25.3 Å². The maximum absolute atomic E-state index is 12.0. The van der Waals surface area contributed by atoms with E-state index in [0.29, 0.717) is 36.2 Å². The van der Waals surface area contributed by atoms with E-state index in [1.807, 2.05) is 12.1 Å². The van der Waals surface area contributed by atoms with Crippen LogP contribution in [0, 0.1) is 0 Å². The summed E-state index contributed by atoms with van der Waals surface area (Å²) in [5.74, 6) is -1.38. The molecule has 4 rings (SSSR count). The quantitative estimate of drug-likeness (QED) is 0.539. The zero-order chi connectivity index (χ0) is 22.3. The van der Waals surface area contributed by atoms with Crippen LogP contribution in [0.2, 0.25) is 0 Å². The van der Waals surface area contributed by atoms with E-state index in [1.165, 1.54) is 4.74 Å². The van der Waals surface area contributed by atoms with Crippen molar-refractivity contribution < 1.29 is 14.1 Å². The zero-order valence-electron chi connectivity index (χ0n) is 17.1. The van der Waals surface area contributed by atoms with E-state index < -0.39 is 23.0 Å². The molecule has 2 aromatic carbocycles. The van der Waals surface area contributed by atoms with Crippen LogP contribution in [0.3, 0.4) is 0 Å². The fourth-order valence-corrected chi connectivity index (χ4v) is 4.70. The van der Waals surface area contributed by atoms with Crippen molar-refractivity contribution in [2.45, 2.75) is 24.7 Å². The van der Waals surface area contributed by atoms with Gasteiger partial charge in [-0.25, -0.2) is 4.79 Å². The van der Waals surface area contributed by atoms with Crippen molar-refractivity contribution in [1.82, 2.24) is 9.72 Å². The minimum absolute atomic E-state index is 0.287. The van der Waals surface area contributed by atoms with Crippen LogP contribution in [0.25, 0.3) is 0 Å². The monoisotopic (exact) mass is 421 g/mol. The summed E-state index contributed by atoms with van der Waals surface area (Å²) in [7, 11) is 1.61. The van der Waals surface area contributed by atoms with Gasteiger partial charge in [-0.3, -0.25) is 9.59 Å². The van der Waals surface area contributed by atoms with Crippen LogP contribution < -0.4 is 23.0 Å². The fraction of sp³-hybridized carbons (Fsp3) is 0.273. The highest BCUT2D eigenvalue weighted by molar-refractivity contribution is 5.94. The number of nitrogens with zero attached hydrogens (tertiary/aromatic N) is 2. The second-order valence-corrected chi connectivity index (χ2v) is 7.71. The van der Waals surface area contributed by atoms with Crippen molar-refractivity contribution in [1.29, 1.82) is 0 Å². The van der Waals surface area contributed by atoms with Gasteiger partial charge in [0.15, 0.2) is 5.82 Å². The van der Waals surface area contributed by atoms with Crippen molar-refractivity contribution in [3.63, 3.8) is 0 Å². The number of nitrogens with two attached hydrogens (primary N) is 3. The Hall–Kier alpha value is -3.72. The summed E-state index contributed by atoms with van der Waals surface area (Å²) in [5.41, 5.74) is 20.4. The molecule has 0 radical (unpaired) electrons. The Bertz CT molecular complexity index is 1190. The molecule has 1 aromatic heterocycles. The Morgan fingerprint density at radius 3 is 1.94 bits per heavy atom. The smallest absolute Gasteiger partial charge is 0.366 e. The molecule has 1 aliphatic rings. The van der Waals surface area contributed by atoms with Crippen LogP contribution in [0.1, 0.15) is 55.2 Å². The average Bonchev–Trinajstić information content (AvgIpc) is 3.01. The van der Waals surface area contributed by atoms with Gasteiger partial charge < -0.3 is 21.7 Å². The number of fused-ring (bicyclic) bond motifs is 2. The summed E-state index contributed by atoms with van der Waals surface area (Å²) in [5, 5.41) is 0. The minimum Gasteiger partial charge on any atom is -0.366 e. The first-order valence-corrected chi connectivity index (χ1v) is 9.89. The molecule has 0 unspecified atom stereocenters. The first-order chi connectivity index (χ1) is 14.8. The highest BCUT2D eigenvalue weighted by Crippen LogP contribution is 2.46. The van der Waals surface area contributed by atoms with Crippen LogP contribution in [0.15, 0.2) is 45.7 Å². The number of hydrogen-bond acceptors (Lipinski definition) is 6. The molecule has 9 heteroatoms. The third-order valence-electron chi connectivity index (χ3n) is 5.97. The van der Waals surface area contributed by atoms with Gasteiger partial charge in [0, 0.05) is 18.2 Å². The number of hydrogen-bond donors (Lipinski definition) is 3. The summed E-state index contributed by atoms with van der Waals surface area (Å²) in [6, 6.07) is 10.5. The summed E-state index contributed by atoms with van der Waals surface area (Å²) in [4.78, 5) is 39.8. The van der Waals surface area contributed by atoms with Crippen molar-refractivity contribution in [2.75, 3.05) is 6.54 Å². The molecule has 6 N–H and O–H groups in total. The SMILES string of the molecule is Cn1oc(=O)nc1C1(CCN)c2ccc(C(N)=O)cc2CCc2cc(C(N)=O)ccc21. The van der Waals surface area contributed by atoms with E-state index in [4.69, 9.17) is 21.7 Å². The number of aryl methyl sites for hydroxylation is 3. The van der Waals surface area contributed by atoms with E-state index in [0.717, 1.165) is 22.3 Å². The molecule has 0 saturated carbocycles. The predicted octanol–water partition coefficient (Wildman–Crippen LogP) is 0.353. The van der Waals surface area contributed by atoms with Crippen molar-refractivity contribution in [3.05, 3.63) is 86.2 Å². The predicted molar refractivity (Wildman–Crippen MR) is 113 cm³/mol. The first-order valence-electron chi connectivity index (χ1n) is 9.89. The molecule has 0 saturated heterocycles. The molecule has 2 amide bonds. The number of primary amides is 2. The average molecular weight is 421 g/mol. The highest BCUT2D eigenvalue weighted by Gasteiger charge is 2.44. The second kappa shape index (κ2) is 7.51. The number of carbonyl (C=O) groups excluding carboxylic acids is 2. The van der Waals surface area contributed by atoms with Crippen molar-refractivity contribution in [2.24, 2.45) is 24.2 Å². The Morgan fingerprint density at radius 1 is 1.03 bits per heavy atom. The largest absolute Gasteiger partial charge is 0.459 e. The topological polar surface area (TPSA) is 160 Å². The van der Waals surface area contributed by atoms with E-state index in [1.54, 1.807) is 31.3 Å². The number of rotatable bonds is 5. The maximum atomic E-state index is 12.0. The van der Waals surface area contributed by atoms with E-state index in [-0.39, 0.29) is 6.54 Å². The molecule has 0 spiro atoms. The van der Waals surface area contributed by atoms with Gasteiger partial charge in [-0.05, 0) is 72.3 Å². The molecule has 31 heavy (non-hydrogen) atoms. The minimum atomic E-state index is -0.927. The normalized spacial score (nSPS) is 14.4. The number of carbonyl (C=O) groups is 2. The standard InChI is InChI=1S/C22H23N5O4/c1-27-20(26-21(30)31-27)22(8-9-23)16-6-4-14(18(24)28)10-12(16)2-3-13-11-15(19(25)29)5-7-17(13)22/h4-7,10-11H,2-3,8-9,23H2,1H3,(H2,24,28)(H2,25,29). The number of aromatic nitrogens is 2. The third kappa shape index (κ3) is 3.23. The molecule has 0 fully saturated rings. The Kier molecular flexibility index (Phi) is 4.98. The van der Waals surface area contributed by atoms with E-state index in [9.17, 15) is 14.4 Å². The van der Waals surface area contributed by atoms with Crippen LogP contribution in [0.4, 0.5) is 0 Å². The lowest BCUT2D eigenvalue weighted by Crippen LogP contribution is -2.36. The van der Waals surface area contributed by atoms with E-state index in [2.05, 4.69) is 4.98 Å². The van der Waals surface area contributed by atoms with Crippen molar-refractivity contribution in [3.8, 4) is 0 Å². The summed E-state index contributed by atoms with van der Waals surface area (Å²) in [6.07, 6.45) is 1.59. The van der Waals surface area contributed by atoms with Gasteiger partial charge in [-0.15, -0.1) is 0 Å². The van der Waals surface area contributed by atoms with Gasteiger partial charge in [0.05, 0.1) is 5.41 Å². The van der Waals surface area contributed by atoms with Gasteiger partial charge in [0.25, 0.3) is 0 Å². The molecule has 0 bridgehead atoms. The van der Waals surface area contributed by atoms with Crippen LogP contribution in [-0.4, -0.2) is 28.1 Å². The van der Waals surface area contributed by atoms with E-state index >= 15 is 0 Å². The molecule has 3 aromatic rings. The molecule has 9 nitrogen and oxygen atoms in total. The third-order valence-corrected chi connectivity index (χ3v) is 5.97. The van der Waals surface area contributed by atoms with Gasteiger partial charge in [0.1, 0.15) is 0 Å². The Labute approximate surface area is 177 Å². The number of amides is 2. The maximum Gasteiger partial charge on any atom is 0.459 e.